The van der Waals surface area contributed by atoms with Gasteiger partial charge in [-0.25, -0.2) is 4.98 Å². The molecular formula is C22H19N3O2S. The fraction of sp³-hybridized carbons (Fsp3) is 0.0909. The second kappa shape index (κ2) is 8.10. The van der Waals surface area contributed by atoms with E-state index in [-0.39, 0.29) is 17.7 Å². The van der Waals surface area contributed by atoms with Crippen LogP contribution in [0.25, 0.3) is 0 Å². The van der Waals surface area contributed by atoms with Gasteiger partial charge in [0.25, 0.3) is 5.91 Å². The fourth-order valence-corrected chi connectivity index (χ4v) is 3.95. The maximum atomic E-state index is 12.5. The molecule has 4 rings (SSSR count). The third-order valence-electron chi connectivity index (χ3n) is 4.26. The molecule has 6 heteroatoms. The Labute approximate surface area is 167 Å². The summed E-state index contributed by atoms with van der Waals surface area (Å²) in [6.07, 6.45) is 3.24. The summed E-state index contributed by atoms with van der Waals surface area (Å²) in [5, 5.41) is 7.28. The molecule has 0 spiro atoms. The van der Waals surface area contributed by atoms with Gasteiger partial charge in [0, 0.05) is 16.6 Å². The van der Waals surface area contributed by atoms with Gasteiger partial charge in [0.15, 0.2) is 5.76 Å². The summed E-state index contributed by atoms with van der Waals surface area (Å²) >= 11 is 1.54. The third kappa shape index (κ3) is 3.97. The van der Waals surface area contributed by atoms with Gasteiger partial charge in [-0.2, -0.15) is 0 Å². The molecule has 28 heavy (non-hydrogen) atoms. The van der Waals surface area contributed by atoms with E-state index >= 15 is 0 Å². The Morgan fingerprint density at radius 2 is 1.89 bits per heavy atom. The summed E-state index contributed by atoms with van der Waals surface area (Å²) in [4.78, 5) is 18.0. The molecule has 1 atom stereocenters. The summed E-state index contributed by atoms with van der Waals surface area (Å²) in [6.45, 7) is 2.03. The molecule has 140 valence electrons. The van der Waals surface area contributed by atoms with Crippen LogP contribution < -0.4 is 10.6 Å². The maximum absolute atomic E-state index is 12.5. The van der Waals surface area contributed by atoms with Crippen molar-refractivity contribution in [3.8, 4) is 0 Å². The highest BCUT2D eigenvalue weighted by Gasteiger charge is 2.22. The van der Waals surface area contributed by atoms with Crippen LogP contribution in [0.15, 0.2) is 83.6 Å². The van der Waals surface area contributed by atoms with Crippen LogP contribution in [0.3, 0.4) is 0 Å². The zero-order chi connectivity index (χ0) is 19.3. The molecule has 0 aliphatic heterocycles. The van der Waals surface area contributed by atoms with Crippen molar-refractivity contribution < 1.29 is 9.21 Å². The lowest BCUT2D eigenvalue weighted by Gasteiger charge is -2.21. The van der Waals surface area contributed by atoms with Gasteiger partial charge in [-0.05, 0) is 42.8 Å². The number of amides is 1. The Bertz CT molecular complexity index is 1040. The highest BCUT2D eigenvalue weighted by atomic mass is 32.1. The summed E-state index contributed by atoms with van der Waals surface area (Å²) in [7, 11) is 0. The number of carbonyl (C=O) groups is 1. The summed E-state index contributed by atoms with van der Waals surface area (Å²) in [5.41, 5.74) is 2.07. The fourth-order valence-electron chi connectivity index (χ4n) is 3.00. The number of nitrogens with zero attached hydrogens (tertiary/aromatic N) is 1. The monoisotopic (exact) mass is 389 g/mol. The second-order valence-electron chi connectivity index (χ2n) is 6.28. The quantitative estimate of drug-likeness (QED) is 0.457. The van der Waals surface area contributed by atoms with E-state index in [1.807, 2.05) is 43.3 Å². The van der Waals surface area contributed by atoms with Crippen molar-refractivity contribution >= 4 is 28.1 Å². The molecule has 2 N–H and O–H groups in total. The molecule has 0 saturated heterocycles. The molecule has 0 aliphatic rings. The molecule has 1 aromatic carbocycles. The lowest BCUT2D eigenvalue weighted by atomic mass is 10.00. The summed E-state index contributed by atoms with van der Waals surface area (Å²) in [5.74, 6) is 0.784. The van der Waals surface area contributed by atoms with Gasteiger partial charge in [0.05, 0.1) is 12.3 Å². The normalized spacial score (nSPS) is 11.8. The molecule has 0 saturated carbocycles. The molecule has 3 aromatic heterocycles. The topological polar surface area (TPSA) is 67.2 Å². The first kappa shape index (κ1) is 18.0. The molecule has 0 fully saturated rings. The number of thiophene rings is 1. The third-order valence-corrected chi connectivity index (χ3v) is 5.24. The first-order valence-corrected chi connectivity index (χ1v) is 9.70. The van der Waals surface area contributed by atoms with Gasteiger partial charge in [-0.3, -0.25) is 4.79 Å². The molecule has 0 aliphatic carbocycles. The van der Waals surface area contributed by atoms with Crippen LogP contribution in [0.5, 0.6) is 0 Å². The van der Waals surface area contributed by atoms with Gasteiger partial charge in [-0.1, -0.05) is 36.4 Å². The molecule has 0 unspecified atom stereocenters. The summed E-state index contributed by atoms with van der Waals surface area (Å²) < 4.78 is 5.22. The molecule has 4 aromatic rings. The molecule has 3 heterocycles. The van der Waals surface area contributed by atoms with Gasteiger partial charge in [0.1, 0.15) is 10.8 Å². The number of benzene rings is 1. The van der Waals surface area contributed by atoms with Crippen LogP contribution in [0, 0.1) is 6.92 Å². The zero-order valence-electron chi connectivity index (χ0n) is 15.3. The smallest absolute Gasteiger partial charge is 0.291 e. The van der Waals surface area contributed by atoms with Crippen molar-refractivity contribution in [3.05, 3.63) is 101 Å². The number of nitrogens with one attached hydrogen (secondary N) is 2. The van der Waals surface area contributed by atoms with Crippen LogP contribution in [0.1, 0.15) is 32.6 Å². The van der Waals surface area contributed by atoms with E-state index < -0.39 is 0 Å². The van der Waals surface area contributed by atoms with Gasteiger partial charge < -0.3 is 15.1 Å². The standard InChI is InChI=1S/C22H19N3O2S/c1-15-14-17(22(28-15)25-21(26)18-10-7-13-27-18)20(16-8-3-2-4-9-16)24-19-11-5-6-12-23-19/h2-14,20H,1H3,(H,23,24)(H,25,26)/t20-/m1/s1. The van der Waals surface area contributed by atoms with Crippen LogP contribution in [0.2, 0.25) is 0 Å². The van der Waals surface area contributed by atoms with E-state index in [0.717, 1.165) is 26.8 Å². The first-order valence-electron chi connectivity index (χ1n) is 8.88. The van der Waals surface area contributed by atoms with E-state index in [9.17, 15) is 4.79 Å². The number of hydrogen-bond donors (Lipinski definition) is 2. The number of aromatic nitrogens is 1. The van der Waals surface area contributed by atoms with E-state index in [1.54, 1.807) is 18.3 Å². The Hall–Kier alpha value is -3.38. The van der Waals surface area contributed by atoms with Crippen molar-refractivity contribution in [2.75, 3.05) is 10.6 Å². The van der Waals surface area contributed by atoms with Crippen molar-refractivity contribution in [3.63, 3.8) is 0 Å². The summed E-state index contributed by atoms with van der Waals surface area (Å²) in [6, 6.07) is 21.1. The molecule has 5 nitrogen and oxygen atoms in total. The van der Waals surface area contributed by atoms with E-state index in [0.29, 0.717) is 0 Å². The largest absolute Gasteiger partial charge is 0.459 e. The maximum Gasteiger partial charge on any atom is 0.291 e. The number of furan rings is 1. The Balaban J connectivity index is 1.71. The average Bonchev–Trinajstić information content (AvgIpc) is 3.38. The van der Waals surface area contributed by atoms with Crippen molar-refractivity contribution in [2.24, 2.45) is 0 Å². The molecule has 0 bridgehead atoms. The lowest BCUT2D eigenvalue weighted by Crippen LogP contribution is -2.16. The number of rotatable bonds is 6. The van der Waals surface area contributed by atoms with Gasteiger partial charge >= 0.3 is 0 Å². The second-order valence-corrected chi connectivity index (χ2v) is 7.53. The Morgan fingerprint density at radius 3 is 2.61 bits per heavy atom. The first-order chi connectivity index (χ1) is 13.7. The predicted molar refractivity (Wildman–Crippen MR) is 112 cm³/mol. The molecular weight excluding hydrogens is 370 g/mol. The van der Waals surface area contributed by atoms with Crippen LogP contribution >= 0.6 is 11.3 Å². The number of aryl methyl sites for hydroxylation is 1. The number of pyridine rings is 1. The van der Waals surface area contributed by atoms with Crippen LogP contribution in [-0.4, -0.2) is 10.9 Å². The van der Waals surface area contributed by atoms with Gasteiger partial charge in [0.2, 0.25) is 0 Å². The highest BCUT2D eigenvalue weighted by Crippen LogP contribution is 2.37. The lowest BCUT2D eigenvalue weighted by molar-refractivity contribution is 0.0997. The minimum absolute atomic E-state index is 0.159. The highest BCUT2D eigenvalue weighted by molar-refractivity contribution is 7.16. The number of carbonyl (C=O) groups excluding carboxylic acids is 1. The predicted octanol–water partition coefficient (Wildman–Crippen LogP) is 5.50. The number of hydrogen-bond acceptors (Lipinski definition) is 5. The van der Waals surface area contributed by atoms with E-state index in [1.165, 1.54) is 17.6 Å². The molecule has 0 radical (unpaired) electrons. The van der Waals surface area contributed by atoms with Crippen molar-refractivity contribution in [1.29, 1.82) is 0 Å². The average molecular weight is 389 g/mol. The van der Waals surface area contributed by atoms with Crippen molar-refractivity contribution in [2.45, 2.75) is 13.0 Å². The minimum Gasteiger partial charge on any atom is -0.459 e. The van der Waals surface area contributed by atoms with E-state index in [2.05, 4.69) is 33.8 Å². The van der Waals surface area contributed by atoms with Crippen LogP contribution in [-0.2, 0) is 0 Å². The number of anilines is 2. The van der Waals surface area contributed by atoms with E-state index in [4.69, 9.17) is 4.42 Å². The Kier molecular flexibility index (Phi) is 5.21. The molecule has 1 amide bonds. The van der Waals surface area contributed by atoms with Gasteiger partial charge in [-0.15, -0.1) is 11.3 Å². The van der Waals surface area contributed by atoms with Crippen molar-refractivity contribution in [1.82, 2.24) is 4.98 Å². The zero-order valence-corrected chi connectivity index (χ0v) is 16.1. The SMILES string of the molecule is Cc1cc([C@H](Nc2ccccn2)c2ccccc2)c(NC(=O)c2ccco2)s1. The Morgan fingerprint density at radius 1 is 1.07 bits per heavy atom. The minimum atomic E-state index is -0.266. The van der Waals surface area contributed by atoms with Crippen LogP contribution in [0.4, 0.5) is 10.8 Å².